The molecule has 3 aromatic rings. The van der Waals surface area contributed by atoms with Crippen molar-refractivity contribution in [3.63, 3.8) is 0 Å². The third kappa shape index (κ3) is 2.72. The first kappa shape index (κ1) is 15.7. The van der Waals surface area contributed by atoms with E-state index in [4.69, 9.17) is 4.98 Å². The van der Waals surface area contributed by atoms with Crippen LogP contribution in [0.5, 0.6) is 0 Å². The Hall–Kier alpha value is -1.85. The lowest BCUT2D eigenvalue weighted by Gasteiger charge is -2.05. The van der Waals surface area contributed by atoms with Crippen molar-refractivity contribution >= 4 is 44.3 Å². The standard InChI is InChI=1S/C19H18N2OS2/c1-11-5-3-6-12(9-11)10-15(23-2)17-20-18(22)16-13-7-4-8-14(13)24-19(16)21-17/h3,5-6,9-10H,4,7-8H2,1-2H3,(H,20,21,22)/b15-10-. The number of aromatic amines is 1. The molecule has 122 valence electrons. The molecule has 5 heteroatoms. The maximum atomic E-state index is 12.6. The number of thiophene rings is 1. The maximum Gasteiger partial charge on any atom is 0.260 e. The summed E-state index contributed by atoms with van der Waals surface area (Å²) in [5, 5.41) is 0.812. The average Bonchev–Trinajstić information content (AvgIpc) is 3.12. The predicted molar refractivity (Wildman–Crippen MR) is 105 cm³/mol. The van der Waals surface area contributed by atoms with E-state index in [9.17, 15) is 4.79 Å². The molecular formula is C19H18N2OS2. The van der Waals surface area contributed by atoms with Crippen LogP contribution in [-0.4, -0.2) is 16.2 Å². The molecule has 2 aromatic heterocycles. The molecule has 24 heavy (non-hydrogen) atoms. The van der Waals surface area contributed by atoms with Crippen molar-refractivity contribution in [1.29, 1.82) is 0 Å². The summed E-state index contributed by atoms with van der Waals surface area (Å²) in [6.07, 6.45) is 7.35. The molecule has 4 rings (SSSR count). The van der Waals surface area contributed by atoms with Gasteiger partial charge in [0, 0.05) is 4.88 Å². The number of thioether (sulfide) groups is 1. The van der Waals surface area contributed by atoms with Gasteiger partial charge in [-0.25, -0.2) is 4.98 Å². The Labute approximate surface area is 148 Å². The molecular weight excluding hydrogens is 336 g/mol. The molecule has 0 atom stereocenters. The molecule has 0 saturated carbocycles. The molecule has 2 heterocycles. The van der Waals surface area contributed by atoms with Crippen LogP contribution in [0.4, 0.5) is 0 Å². The smallest absolute Gasteiger partial charge is 0.260 e. The summed E-state index contributed by atoms with van der Waals surface area (Å²) in [5.41, 5.74) is 3.56. The van der Waals surface area contributed by atoms with E-state index >= 15 is 0 Å². The van der Waals surface area contributed by atoms with E-state index in [0.717, 1.165) is 39.9 Å². The highest BCUT2D eigenvalue weighted by Crippen LogP contribution is 2.35. The first-order valence-corrected chi connectivity index (χ1v) is 10.1. The highest BCUT2D eigenvalue weighted by atomic mass is 32.2. The molecule has 0 spiro atoms. The minimum absolute atomic E-state index is 0.00130. The van der Waals surface area contributed by atoms with E-state index in [0.29, 0.717) is 5.82 Å². The van der Waals surface area contributed by atoms with Gasteiger partial charge >= 0.3 is 0 Å². The number of benzene rings is 1. The number of nitrogens with one attached hydrogen (secondary N) is 1. The lowest BCUT2D eigenvalue weighted by Crippen LogP contribution is -2.11. The second-order valence-corrected chi connectivity index (χ2v) is 8.01. The molecule has 0 fully saturated rings. The summed E-state index contributed by atoms with van der Waals surface area (Å²) in [5.74, 6) is 0.668. The molecule has 1 aromatic carbocycles. The van der Waals surface area contributed by atoms with Crippen molar-refractivity contribution in [3.05, 3.63) is 62.0 Å². The number of nitrogens with zero attached hydrogens (tertiary/aromatic N) is 1. The fourth-order valence-electron chi connectivity index (χ4n) is 3.25. The van der Waals surface area contributed by atoms with Crippen molar-refractivity contribution in [2.75, 3.05) is 6.26 Å². The lowest BCUT2D eigenvalue weighted by molar-refractivity contribution is 0.916. The van der Waals surface area contributed by atoms with Crippen LogP contribution in [0.2, 0.25) is 0 Å². The molecule has 1 aliphatic carbocycles. The second kappa shape index (κ2) is 6.22. The number of aromatic nitrogens is 2. The zero-order valence-corrected chi connectivity index (χ0v) is 15.3. The Balaban J connectivity index is 1.84. The minimum Gasteiger partial charge on any atom is -0.305 e. The molecule has 1 N–H and O–H groups in total. The monoisotopic (exact) mass is 354 g/mol. The number of rotatable bonds is 3. The summed E-state index contributed by atoms with van der Waals surface area (Å²) in [7, 11) is 0. The Morgan fingerprint density at radius 3 is 3.04 bits per heavy atom. The summed E-state index contributed by atoms with van der Waals surface area (Å²) < 4.78 is 0. The summed E-state index contributed by atoms with van der Waals surface area (Å²) in [4.78, 5) is 23.6. The van der Waals surface area contributed by atoms with E-state index in [-0.39, 0.29) is 5.56 Å². The lowest BCUT2D eigenvalue weighted by atomic mass is 10.1. The number of fused-ring (bicyclic) bond motifs is 3. The van der Waals surface area contributed by atoms with Crippen LogP contribution in [0.1, 0.15) is 33.8 Å². The minimum atomic E-state index is -0.00130. The van der Waals surface area contributed by atoms with Crippen LogP contribution in [0, 0.1) is 6.92 Å². The van der Waals surface area contributed by atoms with E-state index in [2.05, 4.69) is 36.2 Å². The number of hydrogen-bond acceptors (Lipinski definition) is 4. The molecule has 0 bridgehead atoms. The third-order valence-electron chi connectivity index (χ3n) is 4.37. The van der Waals surface area contributed by atoms with Gasteiger partial charge in [0.05, 0.1) is 10.3 Å². The molecule has 0 saturated heterocycles. The van der Waals surface area contributed by atoms with Crippen molar-refractivity contribution < 1.29 is 0 Å². The van der Waals surface area contributed by atoms with Crippen LogP contribution >= 0.6 is 23.1 Å². The quantitative estimate of drug-likeness (QED) is 0.745. The molecule has 1 aliphatic rings. The van der Waals surface area contributed by atoms with Crippen molar-refractivity contribution in [3.8, 4) is 0 Å². The van der Waals surface area contributed by atoms with E-state index < -0.39 is 0 Å². The Kier molecular flexibility index (Phi) is 4.06. The van der Waals surface area contributed by atoms with Gasteiger partial charge in [-0.3, -0.25) is 4.79 Å². The zero-order valence-electron chi connectivity index (χ0n) is 13.7. The Morgan fingerprint density at radius 1 is 1.38 bits per heavy atom. The van der Waals surface area contributed by atoms with Gasteiger partial charge < -0.3 is 4.98 Å². The highest BCUT2D eigenvalue weighted by Gasteiger charge is 2.21. The number of aryl methyl sites for hydroxylation is 3. The molecule has 0 aliphatic heterocycles. The first-order chi connectivity index (χ1) is 11.7. The van der Waals surface area contributed by atoms with Gasteiger partial charge in [-0.1, -0.05) is 29.8 Å². The first-order valence-electron chi connectivity index (χ1n) is 8.03. The van der Waals surface area contributed by atoms with E-state index in [1.807, 2.05) is 12.3 Å². The van der Waals surface area contributed by atoms with Crippen LogP contribution in [0.3, 0.4) is 0 Å². The fraction of sp³-hybridized carbons (Fsp3) is 0.263. The zero-order chi connectivity index (χ0) is 16.7. The van der Waals surface area contributed by atoms with Gasteiger partial charge in [0.1, 0.15) is 10.7 Å². The van der Waals surface area contributed by atoms with Crippen LogP contribution < -0.4 is 5.56 Å². The topological polar surface area (TPSA) is 45.8 Å². The summed E-state index contributed by atoms with van der Waals surface area (Å²) >= 11 is 3.29. The van der Waals surface area contributed by atoms with Gasteiger partial charge in [0.25, 0.3) is 5.56 Å². The van der Waals surface area contributed by atoms with Gasteiger partial charge in [-0.15, -0.1) is 23.1 Å². The highest BCUT2D eigenvalue weighted by molar-refractivity contribution is 8.07. The average molecular weight is 355 g/mol. The van der Waals surface area contributed by atoms with Crippen molar-refractivity contribution in [2.24, 2.45) is 0 Å². The molecule has 3 nitrogen and oxygen atoms in total. The Morgan fingerprint density at radius 2 is 2.25 bits per heavy atom. The largest absolute Gasteiger partial charge is 0.305 e. The number of H-pyrrole nitrogens is 1. The molecule has 0 unspecified atom stereocenters. The van der Waals surface area contributed by atoms with Crippen LogP contribution in [-0.2, 0) is 12.8 Å². The third-order valence-corrected chi connectivity index (χ3v) is 6.30. The van der Waals surface area contributed by atoms with E-state index in [1.165, 1.54) is 16.0 Å². The van der Waals surface area contributed by atoms with E-state index in [1.54, 1.807) is 23.1 Å². The van der Waals surface area contributed by atoms with Crippen LogP contribution in [0.25, 0.3) is 21.2 Å². The fourth-order valence-corrected chi connectivity index (χ4v) is 5.06. The molecule has 0 amide bonds. The van der Waals surface area contributed by atoms with Gasteiger partial charge in [-0.05, 0) is 49.6 Å². The maximum absolute atomic E-state index is 12.6. The molecule has 0 radical (unpaired) electrons. The normalized spacial score (nSPS) is 14.3. The Bertz CT molecular complexity index is 1010. The van der Waals surface area contributed by atoms with Crippen LogP contribution in [0.15, 0.2) is 29.1 Å². The SMILES string of the molecule is CS/C(=C\c1cccc(C)c1)c1nc2sc3c(c2c(=O)[nH]1)CCC3. The van der Waals surface area contributed by atoms with Gasteiger partial charge in [-0.2, -0.15) is 0 Å². The van der Waals surface area contributed by atoms with Crippen molar-refractivity contribution in [2.45, 2.75) is 26.2 Å². The second-order valence-electron chi connectivity index (χ2n) is 6.08. The van der Waals surface area contributed by atoms with Gasteiger partial charge in [0.15, 0.2) is 0 Å². The summed E-state index contributed by atoms with van der Waals surface area (Å²) in [6, 6.07) is 8.32. The predicted octanol–water partition coefficient (Wildman–Crippen LogP) is 4.64. The van der Waals surface area contributed by atoms with Gasteiger partial charge in [0.2, 0.25) is 0 Å². The number of hydrogen-bond donors (Lipinski definition) is 1. The summed E-state index contributed by atoms with van der Waals surface area (Å²) in [6.45, 7) is 2.08. The van der Waals surface area contributed by atoms with Crippen molar-refractivity contribution in [1.82, 2.24) is 9.97 Å².